The van der Waals surface area contributed by atoms with E-state index in [4.69, 9.17) is 4.74 Å². The van der Waals surface area contributed by atoms with Gasteiger partial charge >= 0.3 is 0 Å². The minimum atomic E-state index is -2.89. The van der Waals surface area contributed by atoms with Crippen LogP contribution in [0.25, 0.3) is 0 Å². The number of pyridine rings is 1. The summed E-state index contributed by atoms with van der Waals surface area (Å²) in [7, 11) is 0. The van der Waals surface area contributed by atoms with Crippen LogP contribution in [-0.2, 0) is 12.1 Å². The summed E-state index contributed by atoms with van der Waals surface area (Å²) >= 11 is 0. The molecule has 1 amide bonds. The minimum absolute atomic E-state index is 0.0364. The number of allylic oxidation sites excluding steroid dienone is 3. The van der Waals surface area contributed by atoms with Crippen molar-refractivity contribution in [3.8, 4) is 11.6 Å². The summed E-state index contributed by atoms with van der Waals surface area (Å²) in [5, 5.41) is 16.7. The summed E-state index contributed by atoms with van der Waals surface area (Å²) in [4.78, 5) is 16.9. The van der Waals surface area contributed by atoms with Crippen LogP contribution in [0.2, 0.25) is 0 Å². The molecule has 0 saturated carbocycles. The van der Waals surface area contributed by atoms with Gasteiger partial charge in [0.05, 0.1) is 23.9 Å². The first-order valence-corrected chi connectivity index (χ1v) is 11.4. The standard InChI is InChI=1S/C26H34F2N4O3/c1-8-18(9-2)11-10-16(3)12-30-24(34)22-17(4)25(32(31-22)26(5,6)7)35-20-14-29-13-19(15-33)21(20)23(27)28/h8,10-11,13-14,23,33H,3,9,12,15H2,1-2,4-7H3,(H,30,34)/b11-10-,18-8-. The van der Waals surface area contributed by atoms with Crippen LogP contribution >= 0.6 is 0 Å². The van der Waals surface area contributed by atoms with Crippen LogP contribution in [0.5, 0.6) is 11.6 Å². The SMILES string of the molecule is C=C(/C=C\C(=C/C)CC)CNC(=O)c1nn(C(C)(C)C)c(Oc2cncc(CO)c2C(F)F)c1C. The van der Waals surface area contributed by atoms with Crippen molar-refractivity contribution in [2.45, 2.75) is 66.5 Å². The van der Waals surface area contributed by atoms with Crippen LogP contribution in [0.4, 0.5) is 8.78 Å². The third-order valence-corrected chi connectivity index (χ3v) is 5.34. The molecule has 0 atom stereocenters. The number of hydrogen-bond donors (Lipinski definition) is 2. The summed E-state index contributed by atoms with van der Waals surface area (Å²) in [5.74, 6) is -0.509. The van der Waals surface area contributed by atoms with E-state index >= 15 is 0 Å². The molecule has 7 nitrogen and oxygen atoms in total. The van der Waals surface area contributed by atoms with Gasteiger partial charge in [-0.2, -0.15) is 5.10 Å². The molecule has 0 aromatic carbocycles. The van der Waals surface area contributed by atoms with Crippen molar-refractivity contribution in [1.29, 1.82) is 0 Å². The third kappa shape index (κ3) is 6.85. The number of halogens is 2. The number of carbonyl (C=O) groups is 1. The zero-order valence-electron chi connectivity index (χ0n) is 21.2. The van der Waals surface area contributed by atoms with Gasteiger partial charge in [0.15, 0.2) is 11.4 Å². The van der Waals surface area contributed by atoms with Crippen LogP contribution in [-0.4, -0.2) is 32.3 Å². The van der Waals surface area contributed by atoms with Crippen molar-refractivity contribution in [2.75, 3.05) is 6.54 Å². The lowest BCUT2D eigenvalue weighted by Gasteiger charge is -2.23. The summed E-state index contributed by atoms with van der Waals surface area (Å²) < 4.78 is 34.9. The Morgan fingerprint density at radius 3 is 2.54 bits per heavy atom. The van der Waals surface area contributed by atoms with Crippen LogP contribution in [0.15, 0.2) is 48.3 Å². The predicted molar refractivity (Wildman–Crippen MR) is 132 cm³/mol. The van der Waals surface area contributed by atoms with Crippen molar-refractivity contribution in [3.63, 3.8) is 0 Å². The van der Waals surface area contributed by atoms with Gasteiger partial charge in [0.1, 0.15) is 0 Å². The molecular weight excluding hydrogens is 454 g/mol. The number of hydrogen-bond acceptors (Lipinski definition) is 5. The maximum absolute atomic E-state index is 13.8. The van der Waals surface area contributed by atoms with Crippen molar-refractivity contribution < 1.29 is 23.4 Å². The lowest BCUT2D eigenvalue weighted by Crippen LogP contribution is -2.28. The Balaban J connectivity index is 2.37. The predicted octanol–water partition coefficient (Wildman–Crippen LogP) is 5.76. The number of nitrogens with zero attached hydrogens (tertiary/aromatic N) is 3. The number of carbonyl (C=O) groups excluding carboxylic acids is 1. The Hall–Kier alpha value is -3.33. The van der Waals surface area contributed by atoms with E-state index in [1.54, 1.807) is 6.92 Å². The van der Waals surface area contributed by atoms with Gasteiger partial charge in [-0.25, -0.2) is 13.5 Å². The van der Waals surface area contributed by atoms with Crippen LogP contribution < -0.4 is 10.1 Å². The second-order valence-electron chi connectivity index (χ2n) is 9.02. The smallest absolute Gasteiger partial charge is 0.272 e. The highest BCUT2D eigenvalue weighted by Crippen LogP contribution is 2.37. The summed E-state index contributed by atoms with van der Waals surface area (Å²) in [6.07, 6.45) is 6.14. The number of ether oxygens (including phenoxy) is 1. The normalized spacial score (nSPS) is 12.5. The molecule has 0 spiro atoms. The quantitative estimate of drug-likeness (QED) is 0.415. The van der Waals surface area contributed by atoms with E-state index < -0.39 is 30.0 Å². The summed E-state index contributed by atoms with van der Waals surface area (Å²) in [5.41, 5.74) is 1.25. The van der Waals surface area contributed by atoms with Gasteiger partial charge in [-0.3, -0.25) is 9.78 Å². The molecule has 0 aliphatic carbocycles. The van der Waals surface area contributed by atoms with Gasteiger partial charge in [-0.1, -0.05) is 37.3 Å². The molecular formula is C26H34F2N4O3. The Kier molecular flexibility index (Phi) is 9.47. The molecule has 35 heavy (non-hydrogen) atoms. The highest BCUT2D eigenvalue weighted by molar-refractivity contribution is 5.94. The largest absolute Gasteiger partial charge is 0.437 e. The second-order valence-corrected chi connectivity index (χ2v) is 9.02. The molecule has 0 aliphatic rings. The molecule has 190 valence electrons. The van der Waals surface area contributed by atoms with E-state index in [2.05, 4.69) is 28.9 Å². The lowest BCUT2D eigenvalue weighted by atomic mass is 10.1. The number of alkyl halides is 2. The molecule has 0 aliphatic heterocycles. The van der Waals surface area contributed by atoms with Crippen LogP contribution in [0.3, 0.4) is 0 Å². The topological polar surface area (TPSA) is 89.3 Å². The highest BCUT2D eigenvalue weighted by Gasteiger charge is 2.29. The van der Waals surface area contributed by atoms with Crippen molar-refractivity contribution in [1.82, 2.24) is 20.1 Å². The Morgan fingerprint density at radius 1 is 1.31 bits per heavy atom. The number of amides is 1. The Labute approximate surface area is 205 Å². The van der Waals surface area contributed by atoms with Crippen molar-refractivity contribution >= 4 is 5.91 Å². The first kappa shape index (κ1) is 27.9. The lowest BCUT2D eigenvalue weighted by molar-refractivity contribution is 0.0950. The van der Waals surface area contributed by atoms with E-state index in [-0.39, 0.29) is 29.4 Å². The van der Waals surface area contributed by atoms with Gasteiger partial charge in [0, 0.05) is 23.9 Å². The fraction of sp³-hybridized carbons (Fsp3) is 0.423. The van der Waals surface area contributed by atoms with Gasteiger partial charge in [-0.05, 0) is 46.6 Å². The van der Waals surface area contributed by atoms with E-state index in [1.165, 1.54) is 10.9 Å². The Morgan fingerprint density at radius 2 is 2.00 bits per heavy atom. The van der Waals surface area contributed by atoms with Gasteiger partial charge < -0.3 is 15.2 Å². The number of aromatic nitrogens is 3. The molecule has 9 heteroatoms. The van der Waals surface area contributed by atoms with Crippen molar-refractivity contribution in [3.05, 3.63) is 70.7 Å². The third-order valence-electron chi connectivity index (χ3n) is 5.34. The fourth-order valence-corrected chi connectivity index (χ4v) is 3.30. The second kappa shape index (κ2) is 11.9. The minimum Gasteiger partial charge on any atom is -0.437 e. The maximum Gasteiger partial charge on any atom is 0.272 e. The molecule has 2 heterocycles. The number of aliphatic hydroxyl groups is 1. The summed E-state index contributed by atoms with van der Waals surface area (Å²) in [6.45, 7) is 14.8. The monoisotopic (exact) mass is 488 g/mol. The molecule has 2 aromatic heterocycles. The van der Waals surface area contributed by atoms with E-state index in [0.29, 0.717) is 11.1 Å². The van der Waals surface area contributed by atoms with Crippen LogP contribution in [0.1, 0.15) is 74.6 Å². The molecule has 0 saturated heterocycles. The average Bonchev–Trinajstić information content (AvgIpc) is 3.14. The van der Waals surface area contributed by atoms with Gasteiger partial charge in [0.25, 0.3) is 12.3 Å². The van der Waals surface area contributed by atoms with E-state index in [0.717, 1.165) is 18.2 Å². The molecule has 2 N–H and O–H groups in total. The first-order chi connectivity index (χ1) is 16.4. The maximum atomic E-state index is 13.8. The Bertz CT molecular complexity index is 1130. The number of aliphatic hydroxyl groups excluding tert-OH is 1. The fourth-order valence-electron chi connectivity index (χ4n) is 3.30. The molecule has 0 radical (unpaired) electrons. The first-order valence-electron chi connectivity index (χ1n) is 11.4. The highest BCUT2D eigenvalue weighted by atomic mass is 19.3. The zero-order valence-corrected chi connectivity index (χ0v) is 21.2. The number of rotatable bonds is 10. The van der Waals surface area contributed by atoms with E-state index in [9.17, 15) is 18.7 Å². The van der Waals surface area contributed by atoms with Crippen molar-refractivity contribution in [2.24, 2.45) is 0 Å². The molecule has 0 fully saturated rings. The van der Waals surface area contributed by atoms with E-state index in [1.807, 2.05) is 45.9 Å². The summed E-state index contributed by atoms with van der Waals surface area (Å²) in [6, 6.07) is 0. The molecule has 0 unspecified atom stereocenters. The van der Waals surface area contributed by atoms with Gasteiger partial charge in [-0.15, -0.1) is 0 Å². The average molecular weight is 489 g/mol. The van der Waals surface area contributed by atoms with Crippen LogP contribution in [0, 0.1) is 6.92 Å². The number of nitrogens with one attached hydrogen (secondary N) is 1. The molecule has 0 bridgehead atoms. The molecule has 2 rings (SSSR count). The van der Waals surface area contributed by atoms with Gasteiger partial charge in [0.2, 0.25) is 5.88 Å². The zero-order chi connectivity index (χ0) is 26.3. The molecule has 2 aromatic rings.